The average molecular weight is 348 g/mol. The first kappa shape index (κ1) is 16.6. The lowest BCUT2D eigenvalue weighted by molar-refractivity contribution is -0.142. The van der Waals surface area contributed by atoms with Crippen LogP contribution in [-0.4, -0.2) is 28.8 Å². The van der Waals surface area contributed by atoms with Gasteiger partial charge in [0.25, 0.3) is 0 Å². The molecule has 0 spiro atoms. The molecule has 3 rings (SSSR count). The van der Waals surface area contributed by atoms with E-state index < -0.39 is 11.9 Å². The Hall–Kier alpha value is -3.28. The zero-order valence-electron chi connectivity index (χ0n) is 13.1. The lowest BCUT2D eigenvalue weighted by Crippen LogP contribution is -2.13. The molecule has 25 heavy (non-hydrogen) atoms. The van der Waals surface area contributed by atoms with Crippen LogP contribution < -0.4 is 9.47 Å². The highest BCUT2D eigenvalue weighted by molar-refractivity contribution is 5.68. The highest BCUT2D eigenvalue weighted by Crippen LogP contribution is 2.35. The maximum atomic E-state index is 13.4. The Morgan fingerprint density at radius 3 is 2.44 bits per heavy atom. The van der Waals surface area contributed by atoms with Gasteiger partial charge in [0.05, 0.1) is 26.1 Å². The van der Waals surface area contributed by atoms with E-state index in [1.165, 1.54) is 20.3 Å². The second-order valence-electron chi connectivity index (χ2n) is 5.00. The summed E-state index contributed by atoms with van der Waals surface area (Å²) in [6.45, 7) is 0. The molecule has 0 fully saturated rings. The first-order valence-electron chi connectivity index (χ1n) is 6.97. The van der Waals surface area contributed by atoms with Crippen LogP contribution in [0.25, 0.3) is 16.9 Å². The second kappa shape index (κ2) is 5.98. The van der Waals surface area contributed by atoms with Crippen molar-refractivity contribution in [3.05, 3.63) is 41.7 Å². The summed E-state index contributed by atoms with van der Waals surface area (Å²) in [4.78, 5) is 4.16. The highest BCUT2D eigenvalue weighted by Gasteiger charge is 2.35. The SMILES string of the molecule is COc1ccc(-c2cc(C(F)(F)F)n3ncc(C#N)c3n2)cc1OC. The van der Waals surface area contributed by atoms with E-state index in [1.54, 1.807) is 18.2 Å². The number of alkyl halides is 3. The Morgan fingerprint density at radius 2 is 1.84 bits per heavy atom. The van der Waals surface area contributed by atoms with Gasteiger partial charge in [0.2, 0.25) is 0 Å². The molecule has 0 unspecified atom stereocenters. The summed E-state index contributed by atoms with van der Waals surface area (Å²) in [6.07, 6.45) is -3.61. The number of fused-ring (bicyclic) bond motifs is 1. The van der Waals surface area contributed by atoms with Crippen LogP contribution in [0, 0.1) is 11.3 Å². The van der Waals surface area contributed by atoms with Gasteiger partial charge >= 0.3 is 6.18 Å². The molecule has 0 saturated heterocycles. The molecular formula is C16H11F3N4O2. The molecule has 0 aliphatic rings. The first-order chi connectivity index (χ1) is 11.9. The summed E-state index contributed by atoms with van der Waals surface area (Å²) in [6, 6.07) is 7.30. The van der Waals surface area contributed by atoms with Crippen LogP contribution in [0.1, 0.15) is 11.3 Å². The van der Waals surface area contributed by atoms with E-state index in [0.717, 1.165) is 12.3 Å². The molecular weight excluding hydrogens is 337 g/mol. The number of hydrogen-bond donors (Lipinski definition) is 0. The first-order valence-corrected chi connectivity index (χ1v) is 6.97. The summed E-state index contributed by atoms with van der Waals surface area (Å²) in [5, 5.41) is 12.7. The smallest absolute Gasteiger partial charge is 0.433 e. The Balaban J connectivity index is 2.28. The molecule has 9 heteroatoms. The minimum Gasteiger partial charge on any atom is -0.493 e. The van der Waals surface area contributed by atoms with Crippen molar-refractivity contribution in [2.24, 2.45) is 0 Å². The van der Waals surface area contributed by atoms with Gasteiger partial charge in [-0.15, -0.1) is 0 Å². The number of ether oxygens (including phenoxy) is 2. The fourth-order valence-electron chi connectivity index (χ4n) is 2.39. The summed E-state index contributed by atoms with van der Waals surface area (Å²) in [5.74, 6) is 0.787. The van der Waals surface area contributed by atoms with Crippen molar-refractivity contribution in [3.8, 4) is 28.8 Å². The molecule has 1 aromatic carbocycles. The standard InChI is InChI=1S/C16H11F3N4O2/c1-24-12-4-3-9(5-13(12)25-2)11-6-14(16(17,18)19)23-15(22-11)10(7-20)8-21-23/h3-6,8H,1-2H3. The van der Waals surface area contributed by atoms with Crippen LogP contribution in [0.2, 0.25) is 0 Å². The minimum absolute atomic E-state index is 0.0396. The van der Waals surface area contributed by atoms with Crippen molar-refractivity contribution in [3.63, 3.8) is 0 Å². The summed E-state index contributed by atoms with van der Waals surface area (Å²) in [7, 11) is 2.87. The van der Waals surface area contributed by atoms with Crippen LogP contribution in [0.15, 0.2) is 30.5 Å². The van der Waals surface area contributed by atoms with Gasteiger partial charge in [-0.05, 0) is 24.3 Å². The Bertz CT molecular complexity index is 989. The predicted molar refractivity (Wildman–Crippen MR) is 81.2 cm³/mol. The summed E-state index contributed by atoms with van der Waals surface area (Å²) < 4.78 is 51.0. The van der Waals surface area contributed by atoms with Crippen molar-refractivity contribution in [1.82, 2.24) is 14.6 Å². The fraction of sp³-hybridized carbons (Fsp3) is 0.188. The van der Waals surface area contributed by atoms with E-state index in [2.05, 4.69) is 10.1 Å². The second-order valence-corrected chi connectivity index (χ2v) is 5.00. The van der Waals surface area contributed by atoms with E-state index in [0.29, 0.717) is 21.6 Å². The lowest BCUT2D eigenvalue weighted by Gasteiger charge is -2.12. The van der Waals surface area contributed by atoms with E-state index in [-0.39, 0.29) is 16.9 Å². The van der Waals surface area contributed by atoms with Crippen LogP contribution in [0.3, 0.4) is 0 Å². The maximum Gasteiger partial charge on any atom is 0.433 e. The number of nitrogens with zero attached hydrogens (tertiary/aromatic N) is 4. The number of methoxy groups -OCH3 is 2. The number of benzene rings is 1. The molecule has 3 aromatic rings. The van der Waals surface area contributed by atoms with Crippen LogP contribution in [-0.2, 0) is 6.18 Å². The summed E-state index contributed by atoms with van der Waals surface area (Å²) >= 11 is 0. The molecule has 6 nitrogen and oxygen atoms in total. The molecule has 0 atom stereocenters. The Morgan fingerprint density at radius 1 is 1.12 bits per heavy atom. The highest BCUT2D eigenvalue weighted by atomic mass is 19.4. The van der Waals surface area contributed by atoms with Crippen molar-refractivity contribution < 1.29 is 22.6 Å². The monoisotopic (exact) mass is 348 g/mol. The molecule has 0 aliphatic carbocycles. The normalized spacial score (nSPS) is 11.4. The third-order valence-electron chi connectivity index (χ3n) is 3.56. The van der Waals surface area contributed by atoms with Gasteiger partial charge in [-0.3, -0.25) is 0 Å². The predicted octanol–water partition coefficient (Wildman–Crippen LogP) is 3.30. The third-order valence-corrected chi connectivity index (χ3v) is 3.56. The Kier molecular flexibility index (Phi) is 3.96. The topological polar surface area (TPSA) is 72.4 Å². The molecule has 0 N–H and O–H groups in total. The number of aromatic nitrogens is 3. The van der Waals surface area contributed by atoms with Crippen LogP contribution >= 0.6 is 0 Å². The zero-order valence-corrected chi connectivity index (χ0v) is 13.1. The molecule has 0 radical (unpaired) electrons. The molecule has 0 saturated carbocycles. The number of halogens is 3. The quantitative estimate of drug-likeness (QED) is 0.726. The minimum atomic E-state index is -4.66. The summed E-state index contributed by atoms with van der Waals surface area (Å²) in [5.41, 5.74) is -0.813. The van der Waals surface area contributed by atoms with Gasteiger partial charge in [0, 0.05) is 5.56 Å². The van der Waals surface area contributed by atoms with Gasteiger partial charge in [-0.1, -0.05) is 0 Å². The number of rotatable bonds is 3. The third kappa shape index (κ3) is 2.82. The van der Waals surface area contributed by atoms with Gasteiger partial charge in [0.15, 0.2) is 22.8 Å². The number of nitriles is 1. The molecule has 128 valence electrons. The van der Waals surface area contributed by atoms with Crippen molar-refractivity contribution in [2.45, 2.75) is 6.18 Å². The molecule has 0 aliphatic heterocycles. The van der Waals surface area contributed by atoms with Gasteiger partial charge < -0.3 is 9.47 Å². The average Bonchev–Trinajstić information content (AvgIpc) is 3.02. The lowest BCUT2D eigenvalue weighted by atomic mass is 10.1. The van der Waals surface area contributed by atoms with Gasteiger partial charge in [0.1, 0.15) is 11.6 Å². The van der Waals surface area contributed by atoms with E-state index in [1.807, 2.05) is 0 Å². The van der Waals surface area contributed by atoms with Crippen molar-refractivity contribution in [2.75, 3.05) is 14.2 Å². The largest absolute Gasteiger partial charge is 0.493 e. The van der Waals surface area contributed by atoms with Crippen LogP contribution in [0.5, 0.6) is 11.5 Å². The van der Waals surface area contributed by atoms with E-state index in [4.69, 9.17) is 14.7 Å². The van der Waals surface area contributed by atoms with Crippen LogP contribution in [0.4, 0.5) is 13.2 Å². The molecule has 0 amide bonds. The van der Waals surface area contributed by atoms with Crippen molar-refractivity contribution >= 4 is 5.65 Å². The van der Waals surface area contributed by atoms with Crippen molar-refractivity contribution in [1.29, 1.82) is 5.26 Å². The van der Waals surface area contributed by atoms with E-state index >= 15 is 0 Å². The molecule has 2 aromatic heterocycles. The number of hydrogen-bond acceptors (Lipinski definition) is 5. The maximum absolute atomic E-state index is 13.4. The Labute approximate surface area is 140 Å². The molecule has 2 heterocycles. The fourth-order valence-corrected chi connectivity index (χ4v) is 2.39. The van der Waals surface area contributed by atoms with Gasteiger partial charge in [-0.25, -0.2) is 9.50 Å². The van der Waals surface area contributed by atoms with E-state index in [9.17, 15) is 13.2 Å². The molecule has 0 bridgehead atoms. The zero-order chi connectivity index (χ0) is 18.2. The van der Waals surface area contributed by atoms with Gasteiger partial charge in [-0.2, -0.15) is 23.5 Å².